The fourth-order valence-corrected chi connectivity index (χ4v) is 1.51. The quantitative estimate of drug-likeness (QED) is 0.731. The molecule has 5 nitrogen and oxygen atoms in total. The summed E-state index contributed by atoms with van der Waals surface area (Å²) < 4.78 is 30.1. The largest absolute Gasteiger partial charge is 0.294 e. The lowest BCUT2D eigenvalue weighted by molar-refractivity contribution is 0.0991. The molecule has 0 fully saturated rings. The highest BCUT2D eigenvalue weighted by molar-refractivity contribution is 7.85. The van der Waals surface area contributed by atoms with Gasteiger partial charge >= 0.3 is 0 Å². The number of aryl methyl sites for hydroxylation is 1. The van der Waals surface area contributed by atoms with Crippen molar-refractivity contribution in [2.24, 2.45) is 0 Å². The Morgan fingerprint density at radius 1 is 1.43 bits per heavy atom. The second kappa shape index (κ2) is 3.39. The van der Waals surface area contributed by atoms with Crippen LogP contribution in [0.4, 0.5) is 0 Å². The Hall–Kier alpha value is -1.40. The normalized spacial score (nSPS) is 11.3. The maximum Gasteiger partial charge on any atom is 0.294 e. The Bertz CT molecular complexity index is 478. The summed E-state index contributed by atoms with van der Waals surface area (Å²) in [6, 6.07) is 3.53. The number of benzene rings is 1. The zero-order valence-electron chi connectivity index (χ0n) is 7.31. The molecule has 0 aliphatic carbocycles. The molecule has 0 saturated heterocycles. The first-order chi connectivity index (χ1) is 6.32. The van der Waals surface area contributed by atoms with Gasteiger partial charge in [0.15, 0.2) is 0 Å². The molecular formula is C8H8NO4S. The molecule has 0 unspecified atom stereocenters. The van der Waals surface area contributed by atoms with Gasteiger partial charge in [-0.1, -0.05) is 6.07 Å². The Kier molecular flexibility index (Phi) is 2.59. The van der Waals surface area contributed by atoms with E-state index in [0.29, 0.717) is 5.56 Å². The van der Waals surface area contributed by atoms with Crippen molar-refractivity contribution in [3.05, 3.63) is 29.3 Å². The summed E-state index contributed by atoms with van der Waals surface area (Å²) in [5.41, 5.74) is 7.32. The number of carbonyl (C=O) groups excluding carboxylic acids is 1. The van der Waals surface area contributed by atoms with Crippen molar-refractivity contribution >= 4 is 16.0 Å². The van der Waals surface area contributed by atoms with E-state index in [1.165, 1.54) is 12.1 Å². The van der Waals surface area contributed by atoms with Gasteiger partial charge in [0.05, 0.1) is 4.90 Å². The Morgan fingerprint density at radius 3 is 2.43 bits per heavy atom. The van der Waals surface area contributed by atoms with Crippen LogP contribution in [0.3, 0.4) is 0 Å². The second-order valence-electron chi connectivity index (χ2n) is 2.78. The maximum absolute atomic E-state index is 10.7. The van der Waals surface area contributed by atoms with E-state index in [1.54, 1.807) is 6.92 Å². The van der Waals surface area contributed by atoms with Gasteiger partial charge in [0.2, 0.25) is 0 Å². The zero-order chi connectivity index (χ0) is 10.9. The van der Waals surface area contributed by atoms with Crippen LogP contribution in [0.1, 0.15) is 15.9 Å². The summed E-state index contributed by atoms with van der Waals surface area (Å²) in [5, 5.41) is 0. The number of hydrogen-bond acceptors (Lipinski definition) is 3. The van der Waals surface area contributed by atoms with Crippen LogP contribution in [0, 0.1) is 6.92 Å². The molecule has 2 N–H and O–H groups in total. The van der Waals surface area contributed by atoms with Crippen molar-refractivity contribution in [3.8, 4) is 0 Å². The monoisotopic (exact) mass is 214 g/mol. The molecule has 0 atom stereocenters. The third kappa shape index (κ3) is 2.09. The molecule has 0 aliphatic heterocycles. The van der Waals surface area contributed by atoms with Gasteiger partial charge in [0.1, 0.15) is 0 Å². The van der Waals surface area contributed by atoms with Gasteiger partial charge < -0.3 is 0 Å². The first kappa shape index (κ1) is 10.7. The van der Waals surface area contributed by atoms with Gasteiger partial charge in [0, 0.05) is 5.56 Å². The van der Waals surface area contributed by atoms with E-state index >= 15 is 0 Å². The summed E-state index contributed by atoms with van der Waals surface area (Å²) in [6.07, 6.45) is 0. The van der Waals surface area contributed by atoms with Crippen molar-refractivity contribution in [2.75, 3.05) is 0 Å². The highest BCUT2D eigenvalue weighted by Crippen LogP contribution is 2.14. The van der Waals surface area contributed by atoms with E-state index in [0.717, 1.165) is 6.07 Å². The molecule has 0 aliphatic rings. The van der Waals surface area contributed by atoms with Crippen LogP contribution in [-0.2, 0) is 10.1 Å². The average molecular weight is 214 g/mol. The van der Waals surface area contributed by atoms with Gasteiger partial charge in [-0.05, 0) is 24.6 Å². The lowest BCUT2D eigenvalue weighted by atomic mass is 10.1. The Morgan fingerprint density at radius 2 is 2.00 bits per heavy atom. The van der Waals surface area contributed by atoms with E-state index in [1.807, 2.05) is 0 Å². The first-order valence-electron chi connectivity index (χ1n) is 3.66. The molecule has 0 spiro atoms. The minimum absolute atomic E-state index is 0.0277. The fourth-order valence-electron chi connectivity index (χ4n) is 1.01. The lowest BCUT2D eigenvalue weighted by Crippen LogP contribution is -2.05. The number of rotatable bonds is 2. The second-order valence-corrected chi connectivity index (χ2v) is 4.20. The minimum atomic E-state index is -4.31. The van der Waals surface area contributed by atoms with Crippen LogP contribution in [0.2, 0.25) is 0 Å². The molecule has 1 aromatic carbocycles. The topological polar surface area (TPSA) is 95.2 Å². The molecule has 75 valence electrons. The number of nitrogens with one attached hydrogen (secondary N) is 1. The molecular weight excluding hydrogens is 206 g/mol. The fraction of sp³-hybridized carbons (Fsp3) is 0.125. The third-order valence-corrected chi connectivity index (χ3v) is 2.60. The highest BCUT2D eigenvalue weighted by atomic mass is 32.2. The van der Waals surface area contributed by atoms with Crippen molar-refractivity contribution in [2.45, 2.75) is 11.8 Å². The van der Waals surface area contributed by atoms with Crippen LogP contribution in [0.25, 0.3) is 0 Å². The van der Waals surface area contributed by atoms with Crippen molar-refractivity contribution in [3.63, 3.8) is 0 Å². The first-order valence-corrected chi connectivity index (χ1v) is 5.10. The van der Waals surface area contributed by atoms with E-state index in [4.69, 9.17) is 10.3 Å². The van der Waals surface area contributed by atoms with Crippen molar-refractivity contribution in [1.29, 1.82) is 0 Å². The summed E-state index contributed by atoms with van der Waals surface area (Å²) in [7, 11) is -4.31. The smallest absolute Gasteiger partial charge is 0.282 e. The average Bonchev–Trinajstić information content (AvgIpc) is 2.02. The standard InChI is InChI=1S/C8H8NO4S/c1-5-2-3-6(14(11,12)13)4-7(5)8(9)10/h2-4,9H,1H3,(H,11,12,13). The van der Waals surface area contributed by atoms with Gasteiger partial charge in [-0.2, -0.15) is 8.42 Å². The Labute approximate surface area is 81.3 Å². The molecule has 0 aromatic heterocycles. The molecule has 1 radical (unpaired) electrons. The van der Waals surface area contributed by atoms with E-state index < -0.39 is 16.0 Å². The number of amides is 1. The summed E-state index contributed by atoms with van der Waals surface area (Å²) >= 11 is 0. The van der Waals surface area contributed by atoms with E-state index in [2.05, 4.69) is 0 Å². The number of carbonyl (C=O) groups is 1. The van der Waals surface area contributed by atoms with Gasteiger partial charge in [0.25, 0.3) is 16.0 Å². The highest BCUT2D eigenvalue weighted by Gasteiger charge is 2.13. The minimum Gasteiger partial charge on any atom is -0.282 e. The SMILES string of the molecule is Cc1ccc(S(=O)(=O)O)cc1C([NH])=O. The van der Waals surface area contributed by atoms with Crippen molar-refractivity contribution in [1.82, 2.24) is 5.73 Å². The molecule has 1 aromatic rings. The van der Waals surface area contributed by atoms with Crippen LogP contribution in [0.5, 0.6) is 0 Å². The van der Waals surface area contributed by atoms with Gasteiger partial charge in [-0.25, -0.2) is 0 Å². The van der Waals surface area contributed by atoms with Crippen LogP contribution in [0.15, 0.2) is 23.1 Å². The molecule has 1 amide bonds. The Balaban J connectivity index is 3.42. The number of hydrogen-bond donors (Lipinski definition) is 1. The van der Waals surface area contributed by atoms with Gasteiger partial charge in [-0.15, -0.1) is 0 Å². The molecule has 0 saturated carbocycles. The predicted octanol–water partition coefficient (Wildman–Crippen LogP) is 0.665. The van der Waals surface area contributed by atoms with Crippen molar-refractivity contribution < 1.29 is 17.8 Å². The molecule has 0 heterocycles. The summed E-state index contributed by atoms with van der Waals surface area (Å²) in [4.78, 5) is 10.4. The van der Waals surface area contributed by atoms with Crippen LogP contribution < -0.4 is 5.73 Å². The summed E-state index contributed by atoms with van der Waals surface area (Å²) in [6.45, 7) is 1.58. The molecule has 1 rings (SSSR count). The van der Waals surface area contributed by atoms with E-state index in [9.17, 15) is 13.2 Å². The molecule has 0 bridgehead atoms. The maximum atomic E-state index is 10.7. The zero-order valence-corrected chi connectivity index (χ0v) is 8.13. The van der Waals surface area contributed by atoms with Crippen LogP contribution in [-0.4, -0.2) is 18.9 Å². The molecule has 6 heteroatoms. The van der Waals surface area contributed by atoms with Crippen LogP contribution >= 0.6 is 0 Å². The predicted molar refractivity (Wildman–Crippen MR) is 48.4 cm³/mol. The summed E-state index contributed by atoms with van der Waals surface area (Å²) in [5.74, 6) is -0.979. The third-order valence-electron chi connectivity index (χ3n) is 1.75. The molecule has 14 heavy (non-hydrogen) atoms. The lowest BCUT2D eigenvalue weighted by Gasteiger charge is -2.02. The van der Waals surface area contributed by atoms with E-state index in [-0.39, 0.29) is 10.5 Å². The van der Waals surface area contributed by atoms with Gasteiger partial charge in [-0.3, -0.25) is 15.1 Å².